The third kappa shape index (κ3) is 3.92. The van der Waals surface area contributed by atoms with E-state index in [2.05, 4.69) is 5.32 Å². The first kappa shape index (κ1) is 15.4. The molecule has 1 aromatic carbocycles. The van der Waals surface area contributed by atoms with Gasteiger partial charge in [-0.3, -0.25) is 4.21 Å². The van der Waals surface area contributed by atoms with Crippen LogP contribution in [0.3, 0.4) is 0 Å². The molecule has 0 bridgehead atoms. The summed E-state index contributed by atoms with van der Waals surface area (Å²) in [5.41, 5.74) is 5.03. The Bertz CT molecular complexity index is 508. The Morgan fingerprint density at radius 2 is 2.21 bits per heavy atom. The maximum atomic E-state index is 13.2. The van der Waals surface area contributed by atoms with E-state index in [0.29, 0.717) is 13.0 Å². The van der Waals surface area contributed by atoms with Gasteiger partial charge in [-0.1, -0.05) is 6.92 Å². The molecule has 106 valence electrons. The number of hydrogen-bond donors (Lipinski definition) is 3. The van der Waals surface area contributed by atoms with Crippen molar-refractivity contribution in [1.29, 1.82) is 0 Å². The Labute approximate surface area is 113 Å². The van der Waals surface area contributed by atoms with Crippen molar-refractivity contribution in [1.82, 2.24) is 0 Å². The number of aromatic carboxylic acids is 1. The van der Waals surface area contributed by atoms with Crippen LogP contribution < -0.4 is 11.1 Å². The SMILES string of the molecule is CC(CCNc1ccc(F)c(N)c1C(=O)O)S(C)=O. The van der Waals surface area contributed by atoms with Crippen LogP contribution in [0.25, 0.3) is 0 Å². The van der Waals surface area contributed by atoms with Gasteiger partial charge in [0.2, 0.25) is 0 Å². The van der Waals surface area contributed by atoms with Crippen LogP contribution in [0, 0.1) is 5.82 Å². The summed E-state index contributed by atoms with van der Waals surface area (Å²) >= 11 is 0. The Kier molecular flexibility index (Phi) is 5.29. The van der Waals surface area contributed by atoms with Crippen molar-refractivity contribution >= 4 is 28.1 Å². The van der Waals surface area contributed by atoms with E-state index in [0.717, 1.165) is 6.07 Å². The first-order valence-electron chi connectivity index (χ1n) is 5.72. The molecule has 4 N–H and O–H groups in total. The summed E-state index contributed by atoms with van der Waals surface area (Å²) in [6.07, 6.45) is 2.22. The molecule has 0 spiro atoms. The maximum Gasteiger partial charge on any atom is 0.340 e. The van der Waals surface area contributed by atoms with Gasteiger partial charge in [0.05, 0.1) is 11.4 Å². The van der Waals surface area contributed by atoms with E-state index >= 15 is 0 Å². The number of carbonyl (C=O) groups is 1. The number of hydrogen-bond acceptors (Lipinski definition) is 4. The first-order chi connectivity index (χ1) is 8.84. The van der Waals surface area contributed by atoms with Gasteiger partial charge < -0.3 is 16.2 Å². The smallest absolute Gasteiger partial charge is 0.340 e. The normalized spacial score (nSPS) is 13.8. The molecule has 0 fully saturated rings. The van der Waals surface area contributed by atoms with Gasteiger partial charge in [0.25, 0.3) is 0 Å². The molecule has 0 saturated heterocycles. The van der Waals surface area contributed by atoms with Crippen LogP contribution in [0.5, 0.6) is 0 Å². The minimum Gasteiger partial charge on any atom is -0.478 e. The van der Waals surface area contributed by atoms with Gasteiger partial charge in [0.15, 0.2) is 0 Å². The second-order valence-corrected chi connectivity index (χ2v) is 6.02. The van der Waals surface area contributed by atoms with Crippen LogP contribution in [0.4, 0.5) is 15.8 Å². The zero-order valence-electron chi connectivity index (χ0n) is 10.8. The van der Waals surface area contributed by atoms with E-state index < -0.39 is 22.6 Å². The van der Waals surface area contributed by atoms with Crippen molar-refractivity contribution in [2.24, 2.45) is 0 Å². The maximum absolute atomic E-state index is 13.2. The summed E-state index contributed by atoms with van der Waals surface area (Å²) in [6, 6.07) is 2.45. The summed E-state index contributed by atoms with van der Waals surface area (Å²) in [5, 5.41) is 11.9. The topological polar surface area (TPSA) is 92.4 Å². The van der Waals surface area contributed by atoms with Crippen molar-refractivity contribution in [3.8, 4) is 0 Å². The van der Waals surface area contributed by atoms with Gasteiger partial charge in [-0.05, 0) is 18.6 Å². The number of carboxylic acid groups (broad SMARTS) is 1. The number of halogens is 1. The number of anilines is 2. The van der Waals surface area contributed by atoms with Gasteiger partial charge in [0, 0.05) is 28.9 Å². The third-order valence-electron chi connectivity index (χ3n) is 2.84. The second kappa shape index (κ2) is 6.51. The molecule has 19 heavy (non-hydrogen) atoms. The van der Waals surface area contributed by atoms with E-state index in [4.69, 9.17) is 10.8 Å². The van der Waals surface area contributed by atoms with Crippen molar-refractivity contribution in [2.45, 2.75) is 18.6 Å². The number of nitrogens with two attached hydrogens (primary N) is 1. The largest absolute Gasteiger partial charge is 0.478 e. The van der Waals surface area contributed by atoms with Crippen LogP contribution in [-0.4, -0.2) is 33.3 Å². The molecule has 0 heterocycles. The molecular formula is C12H17FN2O3S. The molecule has 1 aromatic rings. The average molecular weight is 288 g/mol. The number of nitrogen functional groups attached to an aromatic ring is 1. The predicted octanol–water partition coefficient (Wildman–Crippen LogP) is 1.68. The summed E-state index contributed by atoms with van der Waals surface area (Å²) in [6.45, 7) is 2.28. The standard InChI is InChI=1S/C12H17FN2O3S/c1-7(19(2)18)5-6-15-9-4-3-8(13)11(14)10(9)12(16)17/h3-4,7,15H,5-6,14H2,1-2H3,(H,16,17). The highest BCUT2D eigenvalue weighted by Crippen LogP contribution is 2.25. The fourth-order valence-electron chi connectivity index (χ4n) is 1.55. The number of rotatable bonds is 6. The lowest BCUT2D eigenvalue weighted by atomic mass is 10.1. The number of benzene rings is 1. The predicted molar refractivity (Wildman–Crippen MR) is 74.4 cm³/mol. The summed E-state index contributed by atoms with van der Waals surface area (Å²) in [5.74, 6) is -2.04. The van der Waals surface area contributed by atoms with Crippen molar-refractivity contribution < 1.29 is 18.5 Å². The Hall–Kier alpha value is -1.63. The Balaban J connectivity index is 2.82. The molecule has 0 aromatic heterocycles. The molecule has 5 nitrogen and oxygen atoms in total. The molecule has 2 atom stereocenters. The minimum atomic E-state index is -1.29. The molecule has 0 aliphatic rings. The lowest BCUT2D eigenvalue weighted by Gasteiger charge is -2.13. The van der Waals surface area contributed by atoms with Crippen LogP contribution >= 0.6 is 0 Å². The molecule has 0 aliphatic heterocycles. The number of nitrogens with one attached hydrogen (secondary N) is 1. The van der Waals surface area contributed by atoms with Crippen molar-refractivity contribution in [2.75, 3.05) is 23.9 Å². The zero-order valence-corrected chi connectivity index (χ0v) is 11.6. The van der Waals surface area contributed by atoms with Crippen molar-refractivity contribution in [3.05, 3.63) is 23.5 Å². The fraction of sp³-hybridized carbons (Fsp3) is 0.417. The van der Waals surface area contributed by atoms with Crippen LogP contribution in [-0.2, 0) is 10.8 Å². The molecule has 0 radical (unpaired) electrons. The van der Waals surface area contributed by atoms with E-state index in [9.17, 15) is 13.4 Å². The number of carboxylic acids is 1. The Morgan fingerprint density at radius 3 is 2.74 bits per heavy atom. The molecule has 2 unspecified atom stereocenters. The highest BCUT2D eigenvalue weighted by atomic mass is 32.2. The molecule has 7 heteroatoms. The molecule has 0 amide bonds. The van der Waals surface area contributed by atoms with Gasteiger partial charge >= 0.3 is 5.97 Å². The summed E-state index contributed by atoms with van der Waals surface area (Å²) in [7, 11) is -0.931. The lowest BCUT2D eigenvalue weighted by Crippen LogP contribution is -2.17. The first-order valence-corrected chi connectivity index (χ1v) is 7.34. The molecule has 0 aliphatic carbocycles. The van der Waals surface area contributed by atoms with E-state index in [1.807, 2.05) is 6.92 Å². The van der Waals surface area contributed by atoms with Gasteiger partial charge in [-0.15, -0.1) is 0 Å². The second-order valence-electron chi connectivity index (χ2n) is 4.21. The van der Waals surface area contributed by atoms with Crippen LogP contribution in [0.15, 0.2) is 12.1 Å². The molecule has 0 saturated carbocycles. The van der Waals surface area contributed by atoms with E-state index in [1.165, 1.54) is 6.07 Å². The van der Waals surface area contributed by atoms with Crippen LogP contribution in [0.1, 0.15) is 23.7 Å². The zero-order chi connectivity index (χ0) is 14.6. The van der Waals surface area contributed by atoms with Crippen LogP contribution in [0.2, 0.25) is 0 Å². The Morgan fingerprint density at radius 1 is 1.58 bits per heavy atom. The average Bonchev–Trinajstić information content (AvgIpc) is 2.32. The van der Waals surface area contributed by atoms with Gasteiger partial charge in [0.1, 0.15) is 11.4 Å². The van der Waals surface area contributed by atoms with E-state index in [1.54, 1.807) is 6.26 Å². The minimum absolute atomic E-state index is 0.00132. The molecule has 1 rings (SSSR count). The molecular weight excluding hydrogens is 271 g/mol. The fourth-order valence-corrected chi connectivity index (χ4v) is 2.00. The van der Waals surface area contributed by atoms with Crippen molar-refractivity contribution in [3.63, 3.8) is 0 Å². The van der Waals surface area contributed by atoms with Gasteiger partial charge in [-0.2, -0.15) is 0 Å². The van der Waals surface area contributed by atoms with E-state index in [-0.39, 0.29) is 22.2 Å². The highest BCUT2D eigenvalue weighted by molar-refractivity contribution is 7.84. The quantitative estimate of drug-likeness (QED) is 0.693. The third-order valence-corrected chi connectivity index (χ3v) is 4.21. The van der Waals surface area contributed by atoms with Gasteiger partial charge in [-0.25, -0.2) is 9.18 Å². The highest BCUT2D eigenvalue weighted by Gasteiger charge is 2.17. The summed E-state index contributed by atoms with van der Waals surface area (Å²) < 4.78 is 24.4. The lowest BCUT2D eigenvalue weighted by molar-refractivity contribution is 0.0698. The summed E-state index contributed by atoms with van der Waals surface area (Å²) in [4.78, 5) is 11.1. The monoisotopic (exact) mass is 288 g/mol.